The summed E-state index contributed by atoms with van der Waals surface area (Å²) in [5, 5.41) is 14.4. The van der Waals surface area contributed by atoms with E-state index in [1.165, 1.54) is 25.5 Å². The first-order valence-electron chi connectivity index (χ1n) is 4.41. The highest BCUT2D eigenvalue weighted by Crippen LogP contribution is 2.23. The van der Waals surface area contributed by atoms with Crippen molar-refractivity contribution in [1.82, 2.24) is 5.27 Å². The van der Waals surface area contributed by atoms with Crippen LogP contribution in [0.3, 0.4) is 0 Å². The summed E-state index contributed by atoms with van der Waals surface area (Å²) in [5.74, 6) is -0.347. The first kappa shape index (κ1) is 7.58. The maximum absolute atomic E-state index is 10.7. The van der Waals surface area contributed by atoms with Crippen LogP contribution in [0.15, 0.2) is 10.7 Å². The Balaban J connectivity index is 2.08. The standard InChI is InChI=1S/C8H12N2O2/c11-8-6-10(9-12-8)7-4-2-1-3-5-7/h6-7H,1-5H2. The minimum Gasteiger partial charge on any atom is -0.539 e. The maximum atomic E-state index is 10.7. The third kappa shape index (κ3) is 1.42. The van der Waals surface area contributed by atoms with Gasteiger partial charge in [0.05, 0.1) is 5.27 Å². The number of nitrogens with zero attached hydrogens (tertiary/aromatic N) is 2. The van der Waals surface area contributed by atoms with Crippen LogP contribution in [0.25, 0.3) is 0 Å². The van der Waals surface area contributed by atoms with Crippen LogP contribution >= 0.6 is 0 Å². The fraction of sp³-hybridized carbons (Fsp3) is 0.750. The van der Waals surface area contributed by atoms with Crippen LogP contribution in [0.2, 0.25) is 0 Å². The van der Waals surface area contributed by atoms with Crippen molar-refractivity contribution in [2.75, 3.05) is 0 Å². The van der Waals surface area contributed by atoms with E-state index in [4.69, 9.17) is 0 Å². The zero-order valence-corrected chi connectivity index (χ0v) is 6.90. The molecule has 0 radical (unpaired) electrons. The van der Waals surface area contributed by atoms with Crippen molar-refractivity contribution in [3.05, 3.63) is 6.20 Å². The van der Waals surface area contributed by atoms with Crippen LogP contribution in [0, 0.1) is 0 Å². The van der Waals surface area contributed by atoms with E-state index in [2.05, 4.69) is 9.79 Å². The van der Waals surface area contributed by atoms with Gasteiger partial charge in [0.1, 0.15) is 5.95 Å². The molecule has 1 aromatic rings. The van der Waals surface area contributed by atoms with Crippen molar-refractivity contribution in [2.45, 2.75) is 38.1 Å². The Bertz CT molecular complexity index is 253. The van der Waals surface area contributed by atoms with Crippen LogP contribution < -0.4 is 9.79 Å². The molecule has 0 amide bonds. The van der Waals surface area contributed by atoms with Gasteiger partial charge in [-0.15, -0.1) is 0 Å². The molecule has 0 spiro atoms. The van der Waals surface area contributed by atoms with E-state index >= 15 is 0 Å². The molecule has 0 atom stereocenters. The molecule has 0 N–H and O–H groups in total. The van der Waals surface area contributed by atoms with E-state index in [0.29, 0.717) is 6.04 Å². The molecular weight excluding hydrogens is 156 g/mol. The van der Waals surface area contributed by atoms with Gasteiger partial charge in [0.15, 0.2) is 6.04 Å². The Labute approximate surface area is 70.8 Å². The molecule has 0 aliphatic heterocycles. The Hall–Kier alpha value is -1.06. The monoisotopic (exact) mass is 168 g/mol. The van der Waals surface area contributed by atoms with E-state index in [1.54, 1.807) is 4.68 Å². The van der Waals surface area contributed by atoms with Crippen molar-refractivity contribution in [1.29, 1.82) is 0 Å². The summed E-state index contributed by atoms with van der Waals surface area (Å²) in [6, 6.07) is 0.394. The number of hydrogen-bond acceptors (Lipinski definition) is 3. The second-order valence-electron chi connectivity index (χ2n) is 3.29. The lowest BCUT2D eigenvalue weighted by molar-refractivity contribution is -0.787. The molecule has 1 aliphatic rings. The molecule has 1 saturated carbocycles. The number of rotatable bonds is 1. The predicted molar refractivity (Wildman–Crippen MR) is 38.3 cm³/mol. The summed E-state index contributed by atoms with van der Waals surface area (Å²) in [4.78, 5) is 0. The van der Waals surface area contributed by atoms with Crippen LogP contribution in [0.5, 0.6) is 5.95 Å². The van der Waals surface area contributed by atoms with Crippen molar-refractivity contribution in [2.24, 2.45) is 0 Å². The van der Waals surface area contributed by atoms with Crippen molar-refractivity contribution < 1.29 is 14.3 Å². The molecule has 1 aliphatic carbocycles. The van der Waals surface area contributed by atoms with Gasteiger partial charge in [0.25, 0.3) is 0 Å². The van der Waals surface area contributed by atoms with Crippen molar-refractivity contribution in [3.8, 4) is 5.95 Å². The first-order valence-corrected chi connectivity index (χ1v) is 4.41. The molecule has 0 saturated heterocycles. The fourth-order valence-corrected chi connectivity index (χ4v) is 1.76. The quantitative estimate of drug-likeness (QED) is 0.575. The second-order valence-corrected chi connectivity index (χ2v) is 3.29. The molecule has 12 heavy (non-hydrogen) atoms. The van der Waals surface area contributed by atoms with E-state index in [-0.39, 0.29) is 5.95 Å². The third-order valence-electron chi connectivity index (χ3n) is 2.41. The molecule has 0 aromatic carbocycles. The average Bonchev–Trinajstić information content (AvgIpc) is 2.54. The number of aromatic nitrogens is 2. The lowest BCUT2D eigenvalue weighted by Gasteiger charge is -2.13. The highest BCUT2D eigenvalue weighted by atomic mass is 16.6. The average molecular weight is 168 g/mol. The minimum absolute atomic E-state index is 0.347. The largest absolute Gasteiger partial charge is 0.539 e. The van der Waals surface area contributed by atoms with Crippen molar-refractivity contribution >= 4 is 0 Å². The molecule has 4 nitrogen and oxygen atoms in total. The van der Waals surface area contributed by atoms with Crippen LogP contribution in [0.4, 0.5) is 0 Å². The molecule has 1 fully saturated rings. The second kappa shape index (κ2) is 3.13. The molecule has 4 heteroatoms. The van der Waals surface area contributed by atoms with Crippen LogP contribution in [-0.4, -0.2) is 5.27 Å². The van der Waals surface area contributed by atoms with Gasteiger partial charge in [-0.2, -0.15) is 0 Å². The number of hydrogen-bond donors (Lipinski definition) is 0. The maximum Gasteiger partial charge on any atom is 0.221 e. The molecular formula is C8H12N2O2. The molecule has 66 valence electrons. The van der Waals surface area contributed by atoms with E-state index < -0.39 is 0 Å². The highest BCUT2D eigenvalue weighted by molar-refractivity contribution is 4.80. The Morgan fingerprint density at radius 3 is 2.75 bits per heavy atom. The smallest absolute Gasteiger partial charge is 0.221 e. The summed E-state index contributed by atoms with van der Waals surface area (Å²) >= 11 is 0. The zero-order valence-electron chi connectivity index (χ0n) is 6.90. The summed E-state index contributed by atoms with van der Waals surface area (Å²) in [5.41, 5.74) is 0. The van der Waals surface area contributed by atoms with Crippen LogP contribution in [0.1, 0.15) is 38.1 Å². The fourth-order valence-electron chi connectivity index (χ4n) is 1.76. The summed E-state index contributed by atoms with van der Waals surface area (Å²) in [6.45, 7) is 0. The summed E-state index contributed by atoms with van der Waals surface area (Å²) < 4.78 is 6.14. The SMILES string of the molecule is [O-]c1c[n+](C2CCCCC2)no1. The lowest BCUT2D eigenvalue weighted by Crippen LogP contribution is -2.41. The highest BCUT2D eigenvalue weighted by Gasteiger charge is 2.23. The summed E-state index contributed by atoms with van der Waals surface area (Å²) in [6.07, 6.45) is 7.46. The topological polar surface area (TPSA) is 53.0 Å². The third-order valence-corrected chi connectivity index (χ3v) is 2.41. The minimum atomic E-state index is -0.347. The van der Waals surface area contributed by atoms with E-state index in [0.717, 1.165) is 12.8 Å². The molecule has 2 rings (SSSR count). The Kier molecular flexibility index (Phi) is 1.98. The lowest BCUT2D eigenvalue weighted by atomic mass is 9.96. The summed E-state index contributed by atoms with van der Waals surface area (Å²) in [7, 11) is 0. The zero-order chi connectivity index (χ0) is 8.39. The molecule has 0 bridgehead atoms. The predicted octanol–water partition coefficient (Wildman–Crippen LogP) is 0.541. The van der Waals surface area contributed by atoms with Gasteiger partial charge in [-0.3, -0.25) is 0 Å². The normalized spacial score (nSPS) is 19.7. The van der Waals surface area contributed by atoms with E-state index in [1.807, 2.05) is 0 Å². The molecule has 0 unspecified atom stereocenters. The van der Waals surface area contributed by atoms with Crippen LogP contribution in [-0.2, 0) is 0 Å². The van der Waals surface area contributed by atoms with Gasteiger partial charge in [0.2, 0.25) is 6.20 Å². The Morgan fingerprint density at radius 1 is 1.42 bits per heavy atom. The Morgan fingerprint density at radius 2 is 2.17 bits per heavy atom. The van der Waals surface area contributed by atoms with E-state index in [9.17, 15) is 5.11 Å². The van der Waals surface area contributed by atoms with Crippen molar-refractivity contribution in [3.63, 3.8) is 0 Å². The molecule has 1 aromatic heterocycles. The van der Waals surface area contributed by atoms with Gasteiger partial charge in [-0.1, -0.05) is 11.1 Å². The first-order chi connectivity index (χ1) is 5.86. The van der Waals surface area contributed by atoms with Gasteiger partial charge < -0.3 is 9.63 Å². The van der Waals surface area contributed by atoms with Gasteiger partial charge >= 0.3 is 0 Å². The molecule has 1 heterocycles. The van der Waals surface area contributed by atoms with Gasteiger partial charge in [-0.25, -0.2) is 0 Å². The van der Waals surface area contributed by atoms with Gasteiger partial charge in [-0.05, 0) is 12.8 Å². The van der Waals surface area contributed by atoms with Gasteiger partial charge in [0, 0.05) is 12.8 Å².